The summed E-state index contributed by atoms with van der Waals surface area (Å²) >= 11 is 1.97. The molecule has 0 radical (unpaired) electrons. The number of morpholine rings is 1. The minimum absolute atomic E-state index is 0.288. The summed E-state index contributed by atoms with van der Waals surface area (Å²) in [5.74, 6) is 4.28. The highest BCUT2D eigenvalue weighted by molar-refractivity contribution is 7.99. The lowest BCUT2D eigenvalue weighted by Crippen LogP contribution is -2.47. The average Bonchev–Trinajstić information content (AvgIpc) is 3.22. The smallest absolute Gasteiger partial charge is 0.323 e. The van der Waals surface area contributed by atoms with Gasteiger partial charge in [-0.2, -0.15) is 26.7 Å². The minimum Gasteiger partial charge on any atom is -0.377 e. The lowest BCUT2D eigenvalue weighted by molar-refractivity contribution is 0.0897. The van der Waals surface area contributed by atoms with Crippen molar-refractivity contribution in [2.45, 2.75) is 31.5 Å². The van der Waals surface area contributed by atoms with Gasteiger partial charge in [-0.25, -0.2) is 4.79 Å². The standard InChI is InChI=1S/C29H36N8O2S/c1-35(2)17-20-3-7-22(8-4-20)30-29(38)31-23-9-5-21(6-10-23)26-32-27(36-13-15-40-16-14-36)34-28(33-26)37-24-11-12-25(37)19-39-18-24/h3-10,24-25H,11-19H2,1-2H3,(H2,30,31,38). The van der Waals surface area contributed by atoms with Crippen LogP contribution in [0.25, 0.3) is 11.4 Å². The van der Waals surface area contributed by atoms with E-state index in [4.69, 9.17) is 19.7 Å². The second-order valence-electron chi connectivity index (χ2n) is 10.8. The number of ether oxygens (including phenoxy) is 1. The first-order valence-corrected chi connectivity index (χ1v) is 15.0. The highest BCUT2D eigenvalue weighted by Gasteiger charge is 2.39. The molecule has 2 N–H and O–H groups in total. The van der Waals surface area contributed by atoms with Gasteiger partial charge in [0.25, 0.3) is 0 Å². The average molecular weight is 561 g/mol. The van der Waals surface area contributed by atoms with Crippen molar-refractivity contribution in [1.82, 2.24) is 19.9 Å². The van der Waals surface area contributed by atoms with E-state index in [0.29, 0.717) is 23.6 Å². The zero-order chi connectivity index (χ0) is 27.5. The topological polar surface area (TPSA) is 98.8 Å². The fourth-order valence-corrected chi connectivity index (χ4v) is 6.42. The number of aromatic nitrogens is 3. The molecule has 40 heavy (non-hydrogen) atoms. The van der Waals surface area contributed by atoms with Crippen LogP contribution in [0.2, 0.25) is 0 Å². The second kappa shape index (κ2) is 12.0. The van der Waals surface area contributed by atoms with E-state index in [1.165, 1.54) is 5.56 Å². The molecule has 4 heterocycles. The van der Waals surface area contributed by atoms with Gasteiger partial charge in [-0.15, -0.1) is 0 Å². The molecule has 3 aliphatic heterocycles. The molecule has 3 fully saturated rings. The number of rotatable bonds is 7. The van der Waals surface area contributed by atoms with Crippen molar-refractivity contribution < 1.29 is 9.53 Å². The Hall–Kier alpha value is -3.41. The molecule has 3 saturated heterocycles. The molecule has 2 atom stereocenters. The van der Waals surface area contributed by atoms with E-state index in [2.05, 4.69) is 25.3 Å². The Labute approximate surface area is 239 Å². The van der Waals surface area contributed by atoms with Crippen molar-refractivity contribution in [1.29, 1.82) is 0 Å². The molecule has 6 rings (SSSR count). The molecule has 3 aromatic rings. The molecular weight excluding hydrogens is 524 g/mol. The molecule has 2 amide bonds. The highest BCUT2D eigenvalue weighted by Crippen LogP contribution is 2.34. The van der Waals surface area contributed by atoms with E-state index in [0.717, 1.165) is 80.3 Å². The number of anilines is 4. The van der Waals surface area contributed by atoms with Crippen LogP contribution in [0.15, 0.2) is 48.5 Å². The monoisotopic (exact) mass is 560 g/mol. The summed E-state index contributed by atoms with van der Waals surface area (Å²) in [6.45, 7) is 4.15. The zero-order valence-corrected chi connectivity index (χ0v) is 23.9. The summed E-state index contributed by atoms with van der Waals surface area (Å²) in [6.07, 6.45) is 2.20. The molecule has 0 spiro atoms. The Morgan fingerprint density at radius 3 is 2.12 bits per heavy atom. The van der Waals surface area contributed by atoms with E-state index in [1.807, 2.05) is 74.4 Å². The Morgan fingerprint density at radius 1 is 0.900 bits per heavy atom. The van der Waals surface area contributed by atoms with Crippen molar-refractivity contribution >= 4 is 41.1 Å². The van der Waals surface area contributed by atoms with Gasteiger partial charge in [0.15, 0.2) is 5.82 Å². The predicted octanol–water partition coefficient (Wildman–Crippen LogP) is 4.17. The summed E-state index contributed by atoms with van der Waals surface area (Å²) in [6, 6.07) is 15.9. The molecular formula is C29H36N8O2S. The predicted molar refractivity (Wildman–Crippen MR) is 161 cm³/mol. The number of fused-ring (bicyclic) bond motifs is 2. The molecule has 2 bridgehead atoms. The van der Waals surface area contributed by atoms with Gasteiger partial charge in [0, 0.05) is 48.1 Å². The molecule has 1 aromatic heterocycles. The van der Waals surface area contributed by atoms with E-state index in [9.17, 15) is 4.79 Å². The van der Waals surface area contributed by atoms with Crippen LogP contribution in [0.1, 0.15) is 18.4 Å². The number of carbonyl (C=O) groups excluding carboxylic acids is 1. The minimum atomic E-state index is -0.288. The maximum Gasteiger partial charge on any atom is 0.323 e. The summed E-state index contributed by atoms with van der Waals surface area (Å²) in [7, 11) is 4.07. The number of carbonyl (C=O) groups is 1. The summed E-state index contributed by atoms with van der Waals surface area (Å²) in [5, 5.41) is 5.82. The van der Waals surface area contributed by atoms with Crippen LogP contribution in [0.4, 0.5) is 28.1 Å². The zero-order valence-electron chi connectivity index (χ0n) is 23.0. The van der Waals surface area contributed by atoms with E-state index in [1.54, 1.807) is 0 Å². The lowest BCUT2D eigenvalue weighted by Gasteiger charge is -2.35. The van der Waals surface area contributed by atoms with Crippen LogP contribution in [-0.4, -0.2) is 89.9 Å². The number of benzene rings is 2. The largest absolute Gasteiger partial charge is 0.377 e. The third-order valence-corrected chi connectivity index (χ3v) is 8.43. The van der Waals surface area contributed by atoms with Crippen LogP contribution in [0.5, 0.6) is 0 Å². The Bertz CT molecular complexity index is 1300. The first-order chi connectivity index (χ1) is 19.5. The molecule has 0 saturated carbocycles. The normalized spacial score (nSPS) is 20.6. The number of nitrogens with zero attached hydrogens (tertiary/aromatic N) is 6. The Morgan fingerprint density at radius 2 is 1.50 bits per heavy atom. The van der Waals surface area contributed by atoms with Crippen molar-refractivity contribution in [2.75, 3.05) is 72.3 Å². The van der Waals surface area contributed by atoms with Crippen molar-refractivity contribution in [3.63, 3.8) is 0 Å². The summed E-state index contributed by atoms with van der Waals surface area (Å²) in [4.78, 5) is 34.2. The third-order valence-electron chi connectivity index (χ3n) is 7.49. The van der Waals surface area contributed by atoms with Gasteiger partial charge in [-0.1, -0.05) is 12.1 Å². The molecule has 10 nitrogen and oxygen atoms in total. The molecule has 210 valence electrons. The SMILES string of the molecule is CN(C)Cc1ccc(NC(=O)Nc2ccc(-c3nc(N4CCSCC4)nc(N4C5CCC4COC5)n3)cc2)cc1. The van der Waals surface area contributed by atoms with Crippen LogP contribution in [0, 0.1) is 0 Å². The van der Waals surface area contributed by atoms with Crippen LogP contribution in [0.3, 0.4) is 0 Å². The van der Waals surface area contributed by atoms with Gasteiger partial charge in [0.2, 0.25) is 11.9 Å². The van der Waals surface area contributed by atoms with Gasteiger partial charge in [-0.3, -0.25) is 0 Å². The summed E-state index contributed by atoms with van der Waals surface area (Å²) in [5.41, 5.74) is 3.52. The molecule has 11 heteroatoms. The Balaban J connectivity index is 1.18. The summed E-state index contributed by atoms with van der Waals surface area (Å²) < 4.78 is 5.80. The fraction of sp³-hybridized carbons (Fsp3) is 0.448. The van der Waals surface area contributed by atoms with Crippen LogP contribution in [-0.2, 0) is 11.3 Å². The quantitative estimate of drug-likeness (QED) is 0.441. The van der Waals surface area contributed by atoms with Crippen molar-refractivity contribution in [3.05, 3.63) is 54.1 Å². The number of urea groups is 1. The third kappa shape index (κ3) is 6.16. The molecule has 2 aromatic carbocycles. The maximum atomic E-state index is 12.6. The second-order valence-corrected chi connectivity index (χ2v) is 12.0. The Kier molecular flexibility index (Phi) is 8.03. The number of nitrogens with one attached hydrogen (secondary N) is 2. The van der Waals surface area contributed by atoms with Crippen molar-refractivity contribution in [2.24, 2.45) is 0 Å². The first kappa shape index (κ1) is 26.8. The first-order valence-electron chi connectivity index (χ1n) is 13.9. The van der Waals surface area contributed by atoms with E-state index < -0.39 is 0 Å². The lowest BCUT2D eigenvalue weighted by atomic mass is 10.2. The van der Waals surface area contributed by atoms with Gasteiger partial charge in [0.1, 0.15) is 0 Å². The number of thioether (sulfide) groups is 1. The fourth-order valence-electron chi connectivity index (χ4n) is 5.51. The number of hydrogen-bond donors (Lipinski definition) is 2. The molecule has 3 aliphatic rings. The number of hydrogen-bond acceptors (Lipinski definition) is 9. The maximum absolute atomic E-state index is 12.6. The van der Waals surface area contributed by atoms with Crippen LogP contribution < -0.4 is 20.4 Å². The molecule has 2 unspecified atom stereocenters. The number of amides is 2. The van der Waals surface area contributed by atoms with Gasteiger partial charge >= 0.3 is 6.03 Å². The van der Waals surface area contributed by atoms with Crippen LogP contribution >= 0.6 is 11.8 Å². The van der Waals surface area contributed by atoms with Gasteiger partial charge in [0.05, 0.1) is 25.3 Å². The van der Waals surface area contributed by atoms with E-state index in [-0.39, 0.29) is 6.03 Å². The van der Waals surface area contributed by atoms with Crippen molar-refractivity contribution in [3.8, 4) is 11.4 Å². The van der Waals surface area contributed by atoms with Gasteiger partial charge < -0.3 is 30.1 Å². The highest BCUT2D eigenvalue weighted by atomic mass is 32.2. The van der Waals surface area contributed by atoms with E-state index >= 15 is 0 Å². The molecule has 0 aliphatic carbocycles. The van der Waals surface area contributed by atoms with Gasteiger partial charge in [-0.05, 0) is 68.9 Å².